The molecule has 0 unspecified atom stereocenters. The van der Waals surface area contributed by atoms with Crippen molar-refractivity contribution in [2.24, 2.45) is 0 Å². The lowest BCUT2D eigenvalue weighted by molar-refractivity contribution is -0.115. The van der Waals surface area contributed by atoms with E-state index in [4.69, 9.17) is 4.42 Å². The summed E-state index contributed by atoms with van der Waals surface area (Å²) in [5.41, 5.74) is 2.21. The fraction of sp³-hybridized carbons (Fsp3) is 0.238. The van der Waals surface area contributed by atoms with Crippen LogP contribution in [0.15, 0.2) is 50.3 Å². The highest BCUT2D eigenvalue weighted by molar-refractivity contribution is 7.14. The fourth-order valence-corrected chi connectivity index (χ4v) is 4.36. The Kier molecular flexibility index (Phi) is 6.49. The van der Waals surface area contributed by atoms with Gasteiger partial charge in [-0.05, 0) is 43.7 Å². The van der Waals surface area contributed by atoms with Crippen LogP contribution in [0.4, 0.5) is 10.8 Å². The van der Waals surface area contributed by atoms with Crippen molar-refractivity contribution in [3.05, 3.63) is 62.2 Å². The topological polar surface area (TPSA) is 109 Å². The van der Waals surface area contributed by atoms with Gasteiger partial charge in [0.2, 0.25) is 5.91 Å². The van der Waals surface area contributed by atoms with E-state index in [1.54, 1.807) is 40.3 Å². The van der Waals surface area contributed by atoms with E-state index in [0.717, 1.165) is 0 Å². The zero-order chi connectivity index (χ0) is 22.7. The molecule has 2 N–H and O–H groups in total. The predicted molar refractivity (Wildman–Crippen MR) is 126 cm³/mol. The molecule has 9 nitrogen and oxygen atoms in total. The van der Waals surface area contributed by atoms with Crippen molar-refractivity contribution in [2.75, 3.05) is 31.3 Å². The Labute approximate surface area is 191 Å². The first-order valence-electron chi connectivity index (χ1n) is 9.76. The average molecular weight is 472 g/mol. The largest absolute Gasteiger partial charge is 0.419 e. The zero-order valence-corrected chi connectivity index (χ0v) is 19.1. The minimum Gasteiger partial charge on any atom is -0.408 e. The lowest BCUT2D eigenvalue weighted by Crippen LogP contribution is -2.23. The molecular formula is C21H21N5O4S2. The standard InChI is InChI=1S/C21H21N5O4S2/c1-25(2)7-8-26-15-10-13(5-6-16(15)30-21(26)29)22-18(27)11-14-12-32-20(23-14)24-19(28)17-4-3-9-31-17/h3-6,9-10,12H,7-8,11H2,1-2H3,(H,22,27)(H,23,24,28). The Balaban J connectivity index is 1.41. The number of rotatable bonds is 8. The molecule has 0 fully saturated rings. The summed E-state index contributed by atoms with van der Waals surface area (Å²) in [5.74, 6) is -0.902. The van der Waals surface area contributed by atoms with Gasteiger partial charge in [-0.3, -0.25) is 19.5 Å². The maximum Gasteiger partial charge on any atom is 0.419 e. The molecule has 166 valence electrons. The summed E-state index contributed by atoms with van der Waals surface area (Å²) in [7, 11) is 3.85. The Morgan fingerprint density at radius 3 is 2.78 bits per heavy atom. The van der Waals surface area contributed by atoms with Crippen LogP contribution in [-0.4, -0.2) is 46.9 Å². The van der Waals surface area contributed by atoms with Crippen LogP contribution in [-0.2, 0) is 17.8 Å². The number of nitrogens with one attached hydrogen (secondary N) is 2. The van der Waals surface area contributed by atoms with E-state index >= 15 is 0 Å². The van der Waals surface area contributed by atoms with Gasteiger partial charge >= 0.3 is 5.76 Å². The zero-order valence-electron chi connectivity index (χ0n) is 17.5. The van der Waals surface area contributed by atoms with Gasteiger partial charge in [-0.1, -0.05) is 6.07 Å². The number of nitrogens with zero attached hydrogens (tertiary/aromatic N) is 3. The summed E-state index contributed by atoms with van der Waals surface area (Å²) in [6.45, 7) is 1.16. The first-order chi connectivity index (χ1) is 15.4. The third-order valence-corrected chi connectivity index (χ3v) is 6.26. The van der Waals surface area contributed by atoms with E-state index in [9.17, 15) is 14.4 Å². The molecule has 0 spiro atoms. The number of oxazole rings is 1. The fourth-order valence-electron chi connectivity index (χ4n) is 3.03. The van der Waals surface area contributed by atoms with E-state index in [-0.39, 0.29) is 18.2 Å². The van der Waals surface area contributed by atoms with Gasteiger partial charge in [0.25, 0.3) is 5.91 Å². The highest BCUT2D eigenvalue weighted by atomic mass is 32.1. The van der Waals surface area contributed by atoms with Gasteiger partial charge in [0, 0.05) is 24.2 Å². The number of aromatic nitrogens is 2. The van der Waals surface area contributed by atoms with Gasteiger partial charge in [-0.25, -0.2) is 9.78 Å². The molecule has 0 aliphatic heterocycles. The van der Waals surface area contributed by atoms with Crippen LogP contribution in [0.2, 0.25) is 0 Å². The SMILES string of the molecule is CN(C)CCn1c(=O)oc2ccc(NC(=O)Cc3csc(NC(=O)c4cccs4)n3)cc21. The average Bonchev–Trinajstić information content (AvgIpc) is 3.47. The summed E-state index contributed by atoms with van der Waals surface area (Å²) in [6, 6.07) is 8.62. The molecule has 0 aliphatic rings. The molecule has 4 rings (SSSR count). The van der Waals surface area contributed by atoms with E-state index < -0.39 is 5.76 Å². The lowest BCUT2D eigenvalue weighted by atomic mass is 10.2. The van der Waals surface area contributed by atoms with Gasteiger partial charge in [0.05, 0.1) is 22.5 Å². The molecule has 0 bridgehead atoms. The van der Waals surface area contributed by atoms with Gasteiger partial charge in [0.15, 0.2) is 10.7 Å². The quantitative estimate of drug-likeness (QED) is 0.409. The van der Waals surface area contributed by atoms with Crippen LogP contribution in [0.1, 0.15) is 15.4 Å². The smallest absolute Gasteiger partial charge is 0.408 e. The molecule has 3 heterocycles. The summed E-state index contributed by atoms with van der Waals surface area (Å²) < 4.78 is 6.83. The molecule has 0 saturated heterocycles. The lowest BCUT2D eigenvalue weighted by Gasteiger charge is -2.10. The van der Waals surface area contributed by atoms with Crippen molar-refractivity contribution in [3.63, 3.8) is 0 Å². The van der Waals surface area contributed by atoms with Crippen LogP contribution < -0.4 is 16.4 Å². The van der Waals surface area contributed by atoms with Crippen LogP contribution in [0.5, 0.6) is 0 Å². The van der Waals surface area contributed by atoms with Gasteiger partial charge in [0.1, 0.15) is 0 Å². The van der Waals surface area contributed by atoms with E-state index in [0.29, 0.717) is 45.6 Å². The Bertz CT molecular complexity index is 1300. The Morgan fingerprint density at radius 2 is 2.03 bits per heavy atom. The number of likely N-dealkylation sites (N-methyl/N-ethyl adjacent to an activating group) is 1. The van der Waals surface area contributed by atoms with E-state index in [1.165, 1.54) is 22.7 Å². The van der Waals surface area contributed by atoms with Crippen LogP contribution in [0.25, 0.3) is 11.1 Å². The maximum absolute atomic E-state index is 12.5. The van der Waals surface area contributed by atoms with Crippen molar-refractivity contribution < 1.29 is 14.0 Å². The number of benzene rings is 1. The number of thiophene rings is 1. The van der Waals surface area contributed by atoms with E-state index in [1.807, 2.05) is 24.4 Å². The molecule has 0 atom stereocenters. The number of hydrogen-bond acceptors (Lipinski definition) is 8. The number of amides is 2. The second-order valence-corrected chi connectivity index (χ2v) is 9.11. The van der Waals surface area contributed by atoms with Crippen LogP contribution >= 0.6 is 22.7 Å². The third kappa shape index (κ3) is 5.13. The molecule has 2 amide bonds. The molecule has 0 radical (unpaired) electrons. The number of hydrogen-bond donors (Lipinski definition) is 2. The third-order valence-electron chi connectivity index (χ3n) is 4.58. The maximum atomic E-state index is 12.5. The Hall–Kier alpha value is -3.28. The number of fused-ring (bicyclic) bond motifs is 1. The number of carbonyl (C=O) groups is 2. The highest BCUT2D eigenvalue weighted by Gasteiger charge is 2.14. The predicted octanol–water partition coefficient (Wildman–Crippen LogP) is 3.11. The van der Waals surface area contributed by atoms with Crippen molar-refractivity contribution in [1.29, 1.82) is 0 Å². The van der Waals surface area contributed by atoms with Crippen LogP contribution in [0.3, 0.4) is 0 Å². The van der Waals surface area contributed by atoms with Crippen molar-refractivity contribution >= 4 is 56.4 Å². The van der Waals surface area contributed by atoms with Crippen molar-refractivity contribution in [3.8, 4) is 0 Å². The highest BCUT2D eigenvalue weighted by Crippen LogP contribution is 2.21. The first-order valence-corrected chi connectivity index (χ1v) is 11.5. The van der Waals surface area contributed by atoms with E-state index in [2.05, 4.69) is 15.6 Å². The molecular weight excluding hydrogens is 450 g/mol. The number of carbonyl (C=O) groups excluding carboxylic acids is 2. The molecule has 1 aromatic carbocycles. The van der Waals surface area contributed by atoms with Gasteiger partial charge in [-0.2, -0.15) is 0 Å². The molecule has 3 aromatic heterocycles. The molecule has 4 aromatic rings. The summed E-state index contributed by atoms with van der Waals surface area (Å²) in [5, 5.41) is 9.57. The summed E-state index contributed by atoms with van der Waals surface area (Å²) in [4.78, 5) is 43.6. The first kappa shape index (κ1) is 21.9. The molecule has 32 heavy (non-hydrogen) atoms. The molecule has 0 saturated carbocycles. The molecule has 0 aliphatic carbocycles. The van der Waals surface area contributed by atoms with Crippen molar-refractivity contribution in [2.45, 2.75) is 13.0 Å². The Morgan fingerprint density at radius 1 is 1.19 bits per heavy atom. The monoisotopic (exact) mass is 471 g/mol. The van der Waals surface area contributed by atoms with Gasteiger partial charge in [-0.15, -0.1) is 22.7 Å². The normalized spacial score (nSPS) is 11.2. The minimum atomic E-state index is -0.426. The second kappa shape index (κ2) is 9.47. The van der Waals surface area contributed by atoms with Crippen molar-refractivity contribution in [1.82, 2.24) is 14.5 Å². The number of anilines is 2. The van der Waals surface area contributed by atoms with Gasteiger partial charge < -0.3 is 14.6 Å². The molecule has 11 heteroatoms. The minimum absolute atomic E-state index is 0.0578. The summed E-state index contributed by atoms with van der Waals surface area (Å²) >= 11 is 2.61. The van der Waals surface area contributed by atoms with Crippen LogP contribution in [0, 0.1) is 0 Å². The summed E-state index contributed by atoms with van der Waals surface area (Å²) in [6.07, 6.45) is 0.0578. The second-order valence-electron chi connectivity index (χ2n) is 7.31. The number of thiazole rings is 1.